The Hall–Kier alpha value is -3.61. The molecule has 0 unspecified atom stereocenters. The standard InChI is InChI=1S/C28H27F3N2O5S2/c1-16(2)25(27(35)36)33-40(37,38)23-12-7-20(8-13-23)19-5-10-22(11-6-19)32-26(34)18(4)39-24-14-9-21(15-17(24)3)28(29,30)31/h5-16,25,33H,4H2,1-3H3,(H,32,34)(H,35,36)/t25-/m0/s1. The van der Waals surface area contributed by atoms with E-state index in [0.29, 0.717) is 21.7 Å². The van der Waals surface area contributed by atoms with E-state index in [1.165, 1.54) is 25.1 Å². The third-order valence-corrected chi connectivity index (χ3v) is 8.41. The summed E-state index contributed by atoms with van der Waals surface area (Å²) in [4.78, 5) is 24.5. The number of carbonyl (C=O) groups is 2. The molecule has 0 bridgehead atoms. The van der Waals surface area contributed by atoms with Crippen molar-refractivity contribution in [2.75, 3.05) is 5.32 Å². The molecule has 0 saturated carbocycles. The topological polar surface area (TPSA) is 113 Å². The Labute approximate surface area is 234 Å². The van der Waals surface area contributed by atoms with E-state index in [1.807, 2.05) is 0 Å². The number of carboxylic acid groups (broad SMARTS) is 1. The average molecular weight is 593 g/mol. The number of hydrogen-bond acceptors (Lipinski definition) is 5. The summed E-state index contributed by atoms with van der Waals surface area (Å²) in [6, 6.07) is 14.6. The van der Waals surface area contributed by atoms with Crippen LogP contribution in [0.3, 0.4) is 0 Å². The molecule has 212 valence electrons. The Balaban J connectivity index is 1.65. The molecule has 0 saturated heterocycles. The fourth-order valence-electron chi connectivity index (χ4n) is 3.60. The number of amides is 1. The lowest BCUT2D eigenvalue weighted by atomic mass is 10.1. The third-order valence-electron chi connectivity index (χ3n) is 5.84. The number of hydrogen-bond donors (Lipinski definition) is 3. The fraction of sp³-hybridized carbons (Fsp3) is 0.214. The predicted molar refractivity (Wildman–Crippen MR) is 148 cm³/mol. The molecule has 3 rings (SSSR count). The first kappa shape index (κ1) is 30.9. The lowest BCUT2D eigenvalue weighted by molar-refractivity contribution is -0.140. The first-order valence-corrected chi connectivity index (χ1v) is 14.2. The maximum atomic E-state index is 12.9. The van der Waals surface area contributed by atoms with E-state index in [-0.39, 0.29) is 9.80 Å². The highest BCUT2D eigenvalue weighted by Crippen LogP contribution is 2.35. The van der Waals surface area contributed by atoms with Crippen LogP contribution in [0.1, 0.15) is 25.0 Å². The molecule has 1 amide bonds. The molecule has 0 heterocycles. The minimum Gasteiger partial charge on any atom is -0.480 e. The summed E-state index contributed by atoms with van der Waals surface area (Å²) in [7, 11) is -4.05. The number of alkyl halides is 3. The highest BCUT2D eigenvalue weighted by molar-refractivity contribution is 8.04. The van der Waals surface area contributed by atoms with E-state index in [2.05, 4.69) is 16.6 Å². The molecule has 3 aromatic rings. The third kappa shape index (κ3) is 7.74. The highest BCUT2D eigenvalue weighted by Gasteiger charge is 2.31. The molecule has 3 aromatic carbocycles. The second kappa shape index (κ2) is 12.3. The molecule has 7 nitrogen and oxygen atoms in total. The van der Waals surface area contributed by atoms with Gasteiger partial charge in [0.1, 0.15) is 6.04 Å². The van der Waals surface area contributed by atoms with E-state index in [1.54, 1.807) is 50.2 Å². The number of halogens is 3. The van der Waals surface area contributed by atoms with Gasteiger partial charge in [-0.2, -0.15) is 17.9 Å². The lowest BCUT2D eigenvalue weighted by Gasteiger charge is -2.18. The first-order chi connectivity index (χ1) is 18.6. The SMILES string of the molecule is C=C(Sc1ccc(C(F)(F)F)cc1C)C(=O)Nc1ccc(-c2ccc(S(=O)(=O)N[C@H](C(=O)O)C(C)C)cc2)cc1. The first-order valence-electron chi connectivity index (χ1n) is 11.9. The van der Waals surface area contributed by atoms with Gasteiger partial charge in [-0.1, -0.05) is 56.5 Å². The van der Waals surface area contributed by atoms with Crippen molar-refractivity contribution < 1.29 is 36.3 Å². The number of sulfonamides is 1. The Bertz CT molecular complexity index is 1520. The van der Waals surface area contributed by atoms with Crippen molar-refractivity contribution in [3.8, 4) is 11.1 Å². The van der Waals surface area contributed by atoms with Crippen LogP contribution in [0.15, 0.2) is 88.0 Å². The number of thioether (sulfide) groups is 1. The lowest BCUT2D eigenvalue weighted by Crippen LogP contribution is -2.44. The van der Waals surface area contributed by atoms with Crippen LogP contribution < -0.4 is 10.0 Å². The number of rotatable bonds is 10. The van der Waals surface area contributed by atoms with Crippen molar-refractivity contribution in [1.29, 1.82) is 0 Å². The minimum absolute atomic E-state index is 0.0775. The minimum atomic E-state index is -4.45. The number of aryl methyl sites for hydroxylation is 1. The largest absolute Gasteiger partial charge is 0.480 e. The van der Waals surface area contributed by atoms with Crippen LogP contribution in [0.25, 0.3) is 11.1 Å². The van der Waals surface area contributed by atoms with Crippen molar-refractivity contribution in [3.63, 3.8) is 0 Å². The molecule has 3 N–H and O–H groups in total. The van der Waals surface area contributed by atoms with Gasteiger partial charge in [-0.15, -0.1) is 0 Å². The summed E-state index contributed by atoms with van der Waals surface area (Å²) in [6.45, 7) is 8.46. The smallest absolute Gasteiger partial charge is 0.416 e. The van der Waals surface area contributed by atoms with Crippen molar-refractivity contribution in [1.82, 2.24) is 4.72 Å². The molecular formula is C28H27F3N2O5S2. The zero-order valence-electron chi connectivity index (χ0n) is 21.7. The van der Waals surface area contributed by atoms with E-state index >= 15 is 0 Å². The van der Waals surface area contributed by atoms with Crippen LogP contribution in [-0.2, 0) is 25.8 Å². The second-order valence-electron chi connectivity index (χ2n) is 9.24. The summed E-state index contributed by atoms with van der Waals surface area (Å²) >= 11 is 0.966. The average Bonchev–Trinajstić information content (AvgIpc) is 2.88. The van der Waals surface area contributed by atoms with Crippen LogP contribution in [-0.4, -0.2) is 31.4 Å². The van der Waals surface area contributed by atoms with Gasteiger partial charge in [0.2, 0.25) is 10.0 Å². The van der Waals surface area contributed by atoms with Crippen molar-refractivity contribution in [3.05, 3.63) is 89.3 Å². The number of nitrogens with one attached hydrogen (secondary N) is 2. The summed E-state index contributed by atoms with van der Waals surface area (Å²) in [5, 5.41) is 12.0. The monoisotopic (exact) mass is 592 g/mol. The van der Waals surface area contributed by atoms with Crippen LogP contribution >= 0.6 is 11.8 Å². The van der Waals surface area contributed by atoms with Crippen LogP contribution in [0.2, 0.25) is 0 Å². The van der Waals surface area contributed by atoms with E-state index in [4.69, 9.17) is 0 Å². The Kier molecular flexibility index (Phi) is 9.49. The number of anilines is 1. The van der Waals surface area contributed by atoms with Crippen LogP contribution in [0, 0.1) is 12.8 Å². The normalized spacial score (nSPS) is 12.7. The van der Waals surface area contributed by atoms with Gasteiger partial charge in [0.15, 0.2) is 0 Å². The maximum absolute atomic E-state index is 12.9. The Morgan fingerprint density at radius 2 is 1.50 bits per heavy atom. The van der Waals surface area contributed by atoms with Gasteiger partial charge in [-0.05, 0) is 72.0 Å². The Morgan fingerprint density at radius 1 is 0.950 bits per heavy atom. The van der Waals surface area contributed by atoms with Crippen LogP contribution in [0.4, 0.5) is 18.9 Å². The molecular weight excluding hydrogens is 565 g/mol. The molecule has 0 fully saturated rings. The van der Waals surface area contributed by atoms with Crippen molar-refractivity contribution in [2.45, 2.75) is 42.8 Å². The predicted octanol–water partition coefficient (Wildman–Crippen LogP) is 6.31. The summed E-state index contributed by atoms with van der Waals surface area (Å²) in [5.74, 6) is -2.23. The fourth-order valence-corrected chi connectivity index (χ4v) is 5.70. The molecule has 40 heavy (non-hydrogen) atoms. The number of carboxylic acids is 1. The van der Waals surface area contributed by atoms with Crippen molar-refractivity contribution >= 4 is 39.3 Å². The van der Waals surface area contributed by atoms with E-state index in [0.717, 1.165) is 29.5 Å². The van der Waals surface area contributed by atoms with Gasteiger partial charge < -0.3 is 10.4 Å². The van der Waals surface area contributed by atoms with Gasteiger partial charge in [0.05, 0.1) is 15.4 Å². The molecule has 0 aliphatic rings. The summed E-state index contributed by atoms with van der Waals surface area (Å²) < 4.78 is 66.1. The van der Waals surface area contributed by atoms with Gasteiger partial charge in [0, 0.05) is 10.6 Å². The number of aliphatic carboxylic acids is 1. The zero-order valence-corrected chi connectivity index (χ0v) is 23.4. The summed E-state index contributed by atoms with van der Waals surface area (Å²) in [5.41, 5.74) is 1.48. The molecule has 0 aliphatic heterocycles. The molecule has 12 heteroatoms. The van der Waals surface area contributed by atoms with Gasteiger partial charge in [0.25, 0.3) is 5.91 Å². The van der Waals surface area contributed by atoms with E-state index < -0.39 is 45.6 Å². The molecule has 0 spiro atoms. The van der Waals surface area contributed by atoms with Crippen molar-refractivity contribution in [2.24, 2.45) is 5.92 Å². The van der Waals surface area contributed by atoms with Gasteiger partial charge in [-0.3, -0.25) is 9.59 Å². The van der Waals surface area contributed by atoms with Gasteiger partial charge >= 0.3 is 12.1 Å². The molecule has 0 aliphatic carbocycles. The molecule has 1 atom stereocenters. The molecule has 0 aromatic heterocycles. The van der Waals surface area contributed by atoms with Gasteiger partial charge in [-0.25, -0.2) is 8.42 Å². The Morgan fingerprint density at radius 3 is 1.98 bits per heavy atom. The highest BCUT2D eigenvalue weighted by atomic mass is 32.2. The molecule has 0 radical (unpaired) electrons. The zero-order chi connectivity index (χ0) is 29.8. The maximum Gasteiger partial charge on any atom is 0.416 e. The quantitative estimate of drug-likeness (QED) is 0.188. The number of benzene rings is 3. The summed E-state index contributed by atoms with van der Waals surface area (Å²) in [6.07, 6.45) is -4.45. The second-order valence-corrected chi connectivity index (χ2v) is 12.1. The number of carbonyl (C=O) groups excluding carboxylic acids is 1. The van der Waals surface area contributed by atoms with Crippen LogP contribution in [0.5, 0.6) is 0 Å². The van der Waals surface area contributed by atoms with E-state index in [9.17, 15) is 36.3 Å².